The van der Waals surface area contributed by atoms with Crippen LogP contribution >= 0.6 is 11.6 Å². The molecular formula is C19H21ClF3N3O2. The Morgan fingerprint density at radius 2 is 2.14 bits per heavy atom. The summed E-state index contributed by atoms with van der Waals surface area (Å²) >= 11 is 6.29. The predicted octanol–water partition coefficient (Wildman–Crippen LogP) is 4.16. The number of hydrogen-bond donors (Lipinski definition) is 0. The Balaban J connectivity index is 1.89. The molecule has 1 aromatic heterocycles. The first-order valence-corrected chi connectivity index (χ1v) is 9.47. The molecule has 0 bridgehead atoms. The molecule has 0 saturated carbocycles. The molecule has 1 saturated heterocycles. The van der Waals surface area contributed by atoms with Crippen LogP contribution in [0.15, 0.2) is 35.3 Å². The summed E-state index contributed by atoms with van der Waals surface area (Å²) in [4.78, 5) is 14.7. The van der Waals surface area contributed by atoms with Crippen molar-refractivity contribution in [3.63, 3.8) is 0 Å². The molecule has 0 aliphatic carbocycles. The molecule has 1 fully saturated rings. The van der Waals surface area contributed by atoms with Crippen molar-refractivity contribution in [2.75, 3.05) is 31.2 Å². The zero-order valence-electron chi connectivity index (χ0n) is 15.4. The van der Waals surface area contributed by atoms with Crippen molar-refractivity contribution in [3.05, 3.63) is 51.4 Å². The molecule has 3 rings (SSSR count). The summed E-state index contributed by atoms with van der Waals surface area (Å²) in [7, 11) is 0. The number of anilines is 1. The third-order valence-electron chi connectivity index (χ3n) is 4.74. The van der Waals surface area contributed by atoms with E-state index in [4.69, 9.17) is 16.3 Å². The number of piperidine rings is 1. The molecule has 152 valence electrons. The van der Waals surface area contributed by atoms with Crippen LogP contribution in [-0.4, -0.2) is 36.1 Å². The van der Waals surface area contributed by atoms with E-state index in [0.717, 1.165) is 36.2 Å². The second-order valence-corrected chi connectivity index (χ2v) is 7.10. The van der Waals surface area contributed by atoms with Crippen molar-refractivity contribution >= 4 is 17.3 Å². The second-order valence-electron chi connectivity index (χ2n) is 6.72. The van der Waals surface area contributed by atoms with Gasteiger partial charge in [-0.25, -0.2) is 0 Å². The fourth-order valence-corrected chi connectivity index (χ4v) is 3.60. The van der Waals surface area contributed by atoms with E-state index in [1.165, 1.54) is 18.3 Å². The zero-order chi connectivity index (χ0) is 20.3. The fourth-order valence-electron chi connectivity index (χ4n) is 3.35. The average Bonchev–Trinajstić information content (AvgIpc) is 2.68. The van der Waals surface area contributed by atoms with Gasteiger partial charge in [-0.1, -0.05) is 17.7 Å². The van der Waals surface area contributed by atoms with Gasteiger partial charge in [-0.3, -0.25) is 4.79 Å². The highest BCUT2D eigenvalue weighted by atomic mass is 35.5. The van der Waals surface area contributed by atoms with Crippen molar-refractivity contribution in [1.29, 1.82) is 0 Å². The molecule has 2 aromatic rings. The van der Waals surface area contributed by atoms with Gasteiger partial charge in [0.2, 0.25) is 0 Å². The number of nitrogens with zero attached hydrogens (tertiary/aromatic N) is 3. The smallest absolute Gasteiger partial charge is 0.381 e. The minimum atomic E-state index is -4.51. The highest BCUT2D eigenvalue weighted by molar-refractivity contribution is 6.33. The lowest BCUT2D eigenvalue weighted by molar-refractivity contribution is -0.137. The van der Waals surface area contributed by atoms with Crippen molar-refractivity contribution in [3.8, 4) is 5.69 Å². The van der Waals surface area contributed by atoms with Crippen LogP contribution in [-0.2, 0) is 10.9 Å². The number of ether oxygens (including phenoxy) is 1. The van der Waals surface area contributed by atoms with E-state index in [-0.39, 0.29) is 10.7 Å². The molecule has 28 heavy (non-hydrogen) atoms. The number of aromatic nitrogens is 2. The summed E-state index contributed by atoms with van der Waals surface area (Å²) in [5.41, 5.74) is -0.989. The summed E-state index contributed by atoms with van der Waals surface area (Å²) in [6, 6.07) is 4.44. The van der Waals surface area contributed by atoms with E-state index in [2.05, 4.69) is 5.10 Å². The topological polar surface area (TPSA) is 47.4 Å². The highest BCUT2D eigenvalue weighted by Crippen LogP contribution is 2.31. The summed E-state index contributed by atoms with van der Waals surface area (Å²) in [5, 5.41) is 4.02. The van der Waals surface area contributed by atoms with Crippen LogP contribution in [0.2, 0.25) is 5.02 Å². The average molecular weight is 416 g/mol. The molecule has 1 unspecified atom stereocenters. The van der Waals surface area contributed by atoms with Crippen molar-refractivity contribution < 1.29 is 17.9 Å². The van der Waals surface area contributed by atoms with Crippen LogP contribution in [0, 0.1) is 5.92 Å². The molecule has 1 atom stereocenters. The van der Waals surface area contributed by atoms with E-state index < -0.39 is 17.3 Å². The Bertz CT molecular complexity index is 885. The predicted molar refractivity (Wildman–Crippen MR) is 101 cm³/mol. The number of benzene rings is 1. The van der Waals surface area contributed by atoms with Gasteiger partial charge in [0.25, 0.3) is 5.56 Å². The first kappa shape index (κ1) is 20.7. The van der Waals surface area contributed by atoms with E-state index >= 15 is 0 Å². The first-order chi connectivity index (χ1) is 13.3. The van der Waals surface area contributed by atoms with E-state index in [1.54, 1.807) is 0 Å². The van der Waals surface area contributed by atoms with Gasteiger partial charge >= 0.3 is 6.18 Å². The monoisotopic (exact) mass is 415 g/mol. The SMILES string of the molecule is CCOCC1CCCN(c2cnn(-c3cccc(C(F)(F)F)c3)c(=O)c2Cl)C1. The summed E-state index contributed by atoms with van der Waals surface area (Å²) in [6.07, 6.45) is -1.10. The van der Waals surface area contributed by atoms with Gasteiger partial charge in [0.1, 0.15) is 5.02 Å². The molecule has 0 spiro atoms. The van der Waals surface area contributed by atoms with Gasteiger partial charge in [-0.2, -0.15) is 23.0 Å². The summed E-state index contributed by atoms with van der Waals surface area (Å²) < 4.78 is 45.2. The third-order valence-corrected chi connectivity index (χ3v) is 5.09. The van der Waals surface area contributed by atoms with Crippen LogP contribution in [0.5, 0.6) is 0 Å². The molecular weight excluding hydrogens is 395 g/mol. The summed E-state index contributed by atoms with van der Waals surface area (Å²) in [6.45, 7) is 4.64. The van der Waals surface area contributed by atoms with Crippen LogP contribution in [0.4, 0.5) is 18.9 Å². The largest absolute Gasteiger partial charge is 0.416 e. The minimum Gasteiger partial charge on any atom is -0.381 e. The van der Waals surface area contributed by atoms with Crippen LogP contribution in [0.1, 0.15) is 25.3 Å². The van der Waals surface area contributed by atoms with E-state index in [9.17, 15) is 18.0 Å². The molecule has 1 aliphatic heterocycles. The standard InChI is InChI=1S/C19H21ClF3N3O2/c1-2-28-12-13-5-4-8-25(11-13)16-10-24-26(18(27)17(16)20)15-7-3-6-14(9-15)19(21,22)23/h3,6-7,9-10,13H,2,4-5,8,11-12H2,1H3. The third kappa shape index (κ3) is 4.50. The van der Waals surface area contributed by atoms with Crippen LogP contribution in [0.25, 0.3) is 5.69 Å². The van der Waals surface area contributed by atoms with Crippen molar-refractivity contribution in [2.45, 2.75) is 25.9 Å². The molecule has 0 N–H and O–H groups in total. The Labute approximate surface area is 165 Å². The maximum absolute atomic E-state index is 12.9. The molecule has 5 nitrogen and oxygen atoms in total. The first-order valence-electron chi connectivity index (χ1n) is 9.09. The molecule has 1 aliphatic rings. The van der Waals surface area contributed by atoms with Gasteiger partial charge in [0.15, 0.2) is 0 Å². The fraction of sp³-hybridized carbons (Fsp3) is 0.474. The number of halogens is 4. The van der Waals surface area contributed by atoms with Gasteiger partial charge in [-0.15, -0.1) is 0 Å². The van der Waals surface area contributed by atoms with Crippen LogP contribution < -0.4 is 10.5 Å². The van der Waals surface area contributed by atoms with Gasteiger partial charge in [0, 0.05) is 19.7 Å². The van der Waals surface area contributed by atoms with Gasteiger partial charge < -0.3 is 9.64 Å². The molecule has 2 heterocycles. The van der Waals surface area contributed by atoms with E-state index in [0.29, 0.717) is 31.4 Å². The highest BCUT2D eigenvalue weighted by Gasteiger charge is 2.31. The lowest BCUT2D eigenvalue weighted by Crippen LogP contribution is -2.38. The molecule has 1 aromatic carbocycles. The number of alkyl halides is 3. The van der Waals surface area contributed by atoms with Crippen molar-refractivity contribution in [2.24, 2.45) is 5.92 Å². The maximum Gasteiger partial charge on any atom is 0.416 e. The Morgan fingerprint density at radius 1 is 1.36 bits per heavy atom. The number of rotatable bonds is 5. The number of hydrogen-bond acceptors (Lipinski definition) is 4. The zero-order valence-corrected chi connectivity index (χ0v) is 16.1. The van der Waals surface area contributed by atoms with Crippen molar-refractivity contribution in [1.82, 2.24) is 9.78 Å². The Morgan fingerprint density at radius 3 is 2.86 bits per heavy atom. The van der Waals surface area contributed by atoms with Crippen LogP contribution in [0.3, 0.4) is 0 Å². The maximum atomic E-state index is 12.9. The molecule has 0 amide bonds. The normalized spacial score (nSPS) is 17.8. The van der Waals surface area contributed by atoms with Gasteiger partial charge in [-0.05, 0) is 43.9 Å². The lowest BCUT2D eigenvalue weighted by atomic mass is 9.98. The molecule has 0 radical (unpaired) electrons. The minimum absolute atomic E-state index is 0.0149. The Kier molecular flexibility index (Phi) is 6.30. The Hall–Kier alpha value is -2.06. The van der Waals surface area contributed by atoms with Gasteiger partial charge in [0.05, 0.1) is 29.7 Å². The quantitative estimate of drug-likeness (QED) is 0.735. The second kappa shape index (κ2) is 8.53. The molecule has 9 heteroatoms. The van der Waals surface area contributed by atoms with E-state index in [1.807, 2.05) is 11.8 Å². The lowest BCUT2D eigenvalue weighted by Gasteiger charge is -2.34. The summed E-state index contributed by atoms with van der Waals surface area (Å²) in [5.74, 6) is 0.329.